The van der Waals surface area contributed by atoms with Crippen LogP contribution in [0.5, 0.6) is 0 Å². The maximum absolute atomic E-state index is 11.1. The van der Waals surface area contributed by atoms with Gasteiger partial charge in [-0.25, -0.2) is 0 Å². The van der Waals surface area contributed by atoms with E-state index in [-0.39, 0.29) is 10.6 Å². The smallest absolute Gasteiger partial charge is 0.280 e. The summed E-state index contributed by atoms with van der Waals surface area (Å²) in [6.07, 6.45) is 3.86. The third-order valence-electron chi connectivity index (χ3n) is 4.01. The number of nitro benzene ring substituents is 1. The van der Waals surface area contributed by atoms with Gasteiger partial charge in [0.05, 0.1) is 23.6 Å². The number of benzene rings is 1. The molecule has 2 aromatic rings. The molecule has 5 nitrogen and oxygen atoms in total. The van der Waals surface area contributed by atoms with Gasteiger partial charge in [0.15, 0.2) is 5.76 Å². The monoisotopic (exact) mass is 287 g/mol. The standard InChI is InChI=1S/C16H18N2O3/c19-18(20)15-7-3-2-6-14(15)16-9-8-13(21-16)12-17-10-4-1-5-11-17/h2-3,6-9H,1,4-5,10-12H2/p+1. The SMILES string of the molecule is O=[N+]([O-])c1ccccc1-c1ccc(C[NH+]2CCCCC2)o1. The fourth-order valence-corrected chi connectivity index (χ4v) is 2.93. The fourth-order valence-electron chi connectivity index (χ4n) is 2.93. The largest absolute Gasteiger partial charge is 0.455 e. The first-order valence-corrected chi connectivity index (χ1v) is 7.40. The molecule has 2 heterocycles. The molecular formula is C16H19N2O3+. The van der Waals surface area contributed by atoms with Crippen LogP contribution in [0.4, 0.5) is 5.69 Å². The Balaban J connectivity index is 1.80. The number of likely N-dealkylation sites (tertiary alicyclic amines) is 1. The summed E-state index contributed by atoms with van der Waals surface area (Å²) in [6.45, 7) is 3.23. The highest BCUT2D eigenvalue weighted by atomic mass is 16.6. The Morgan fingerprint density at radius 3 is 2.62 bits per heavy atom. The second-order valence-corrected chi connectivity index (χ2v) is 5.53. The van der Waals surface area contributed by atoms with Gasteiger partial charge in [0.25, 0.3) is 5.69 Å². The third-order valence-corrected chi connectivity index (χ3v) is 4.01. The maximum atomic E-state index is 11.1. The molecule has 1 fully saturated rings. The molecule has 0 radical (unpaired) electrons. The van der Waals surface area contributed by atoms with Crippen molar-refractivity contribution in [3.63, 3.8) is 0 Å². The molecule has 0 bridgehead atoms. The number of hydrogen-bond donors (Lipinski definition) is 1. The number of rotatable bonds is 4. The number of hydrogen-bond acceptors (Lipinski definition) is 3. The predicted octanol–water partition coefficient (Wildman–Crippen LogP) is 2.42. The van der Waals surface area contributed by atoms with E-state index in [4.69, 9.17) is 4.42 Å². The average molecular weight is 287 g/mol. The van der Waals surface area contributed by atoms with Crippen molar-refractivity contribution in [1.82, 2.24) is 0 Å². The van der Waals surface area contributed by atoms with Crippen LogP contribution < -0.4 is 4.90 Å². The number of nitrogens with zero attached hydrogens (tertiary/aromatic N) is 1. The highest BCUT2D eigenvalue weighted by Gasteiger charge is 2.19. The minimum atomic E-state index is -0.368. The van der Waals surface area contributed by atoms with Crippen LogP contribution >= 0.6 is 0 Å². The lowest BCUT2D eigenvalue weighted by Gasteiger charge is -2.22. The Morgan fingerprint density at radius 1 is 1.10 bits per heavy atom. The highest BCUT2D eigenvalue weighted by Crippen LogP contribution is 2.30. The summed E-state index contributed by atoms with van der Waals surface area (Å²) in [5.41, 5.74) is 0.631. The Hall–Kier alpha value is -2.14. The normalized spacial score (nSPS) is 16.0. The fraction of sp³-hybridized carbons (Fsp3) is 0.375. The molecule has 1 aromatic heterocycles. The molecule has 5 heteroatoms. The van der Waals surface area contributed by atoms with E-state index in [9.17, 15) is 10.1 Å². The van der Waals surface area contributed by atoms with Crippen LogP contribution in [0.15, 0.2) is 40.8 Å². The molecule has 1 aliphatic heterocycles. The molecule has 0 atom stereocenters. The van der Waals surface area contributed by atoms with Gasteiger partial charge < -0.3 is 9.32 Å². The van der Waals surface area contributed by atoms with E-state index in [1.807, 2.05) is 12.1 Å². The van der Waals surface area contributed by atoms with Gasteiger partial charge in [0.1, 0.15) is 12.3 Å². The number of quaternary nitrogens is 1. The van der Waals surface area contributed by atoms with Crippen LogP contribution in [-0.2, 0) is 6.54 Å². The van der Waals surface area contributed by atoms with Gasteiger partial charge in [-0.05, 0) is 37.5 Å². The third kappa shape index (κ3) is 3.13. The Kier molecular flexibility index (Phi) is 4.01. The van der Waals surface area contributed by atoms with Crippen LogP contribution in [0, 0.1) is 10.1 Å². The summed E-state index contributed by atoms with van der Waals surface area (Å²) in [6, 6.07) is 10.5. The number of nitrogens with one attached hydrogen (secondary N) is 1. The van der Waals surface area contributed by atoms with E-state index in [0.29, 0.717) is 11.3 Å². The van der Waals surface area contributed by atoms with Gasteiger partial charge in [0, 0.05) is 6.07 Å². The van der Waals surface area contributed by atoms with Crippen LogP contribution in [0.2, 0.25) is 0 Å². The lowest BCUT2D eigenvalue weighted by Crippen LogP contribution is -3.11. The summed E-state index contributed by atoms with van der Waals surface area (Å²) in [4.78, 5) is 12.2. The zero-order valence-electron chi connectivity index (χ0n) is 11.9. The van der Waals surface area contributed by atoms with Crippen LogP contribution in [-0.4, -0.2) is 18.0 Å². The van der Waals surface area contributed by atoms with Crippen molar-refractivity contribution in [2.24, 2.45) is 0 Å². The molecule has 1 aromatic carbocycles. The molecule has 21 heavy (non-hydrogen) atoms. The molecule has 0 saturated carbocycles. The van der Waals surface area contributed by atoms with Crippen LogP contribution in [0.25, 0.3) is 11.3 Å². The minimum Gasteiger partial charge on any atom is -0.455 e. The van der Waals surface area contributed by atoms with E-state index in [1.54, 1.807) is 18.2 Å². The molecule has 0 unspecified atom stereocenters. The van der Waals surface area contributed by atoms with E-state index < -0.39 is 0 Å². The Bertz CT molecular complexity index is 630. The van der Waals surface area contributed by atoms with Crippen molar-refractivity contribution in [3.05, 3.63) is 52.3 Å². The summed E-state index contributed by atoms with van der Waals surface area (Å²) in [5.74, 6) is 1.48. The molecule has 1 aliphatic rings. The zero-order chi connectivity index (χ0) is 14.7. The Labute approximate surface area is 123 Å². The van der Waals surface area contributed by atoms with Crippen LogP contribution in [0.1, 0.15) is 25.0 Å². The number of nitro groups is 1. The average Bonchev–Trinajstić information content (AvgIpc) is 2.96. The molecule has 1 saturated heterocycles. The number of piperidine rings is 1. The second-order valence-electron chi connectivity index (χ2n) is 5.53. The Morgan fingerprint density at radius 2 is 1.86 bits per heavy atom. The van der Waals surface area contributed by atoms with Gasteiger partial charge in [0.2, 0.25) is 0 Å². The van der Waals surface area contributed by atoms with Crippen molar-refractivity contribution in [1.29, 1.82) is 0 Å². The first kappa shape index (κ1) is 13.8. The molecule has 110 valence electrons. The van der Waals surface area contributed by atoms with E-state index >= 15 is 0 Å². The minimum absolute atomic E-state index is 0.0868. The van der Waals surface area contributed by atoms with Crippen molar-refractivity contribution in [2.45, 2.75) is 25.8 Å². The second kappa shape index (κ2) is 6.10. The summed E-state index contributed by atoms with van der Waals surface area (Å²) in [5, 5.41) is 11.1. The number of para-hydroxylation sites is 1. The lowest BCUT2D eigenvalue weighted by molar-refractivity contribution is -0.919. The molecule has 1 N–H and O–H groups in total. The molecule has 3 rings (SSSR count). The first-order valence-electron chi connectivity index (χ1n) is 7.40. The summed E-state index contributed by atoms with van der Waals surface area (Å²) in [7, 11) is 0. The molecule has 0 spiro atoms. The quantitative estimate of drug-likeness (QED) is 0.694. The summed E-state index contributed by atoms with van der Waals surface area (Å²) >= 11 is 0. The van der Waals surface area contributed by atoms with Gasteiger partial charge in [-0.3, -0.25) is 10.1 Å². The highest BCUT2D eigenvalue weighted by molar-refractivity contribution is 5.69. The molecule has 0 amide bonds. The topological polar surface area (TPSA) is 60.7 Å². The van der Waals surface area contributed by atoms with Crippen molar-refractivity contribution in [3.8, 4) is 11.3 Å². The van der Waals surface area contributed by atoms with E-state index in [2.05, 4.69) is 0 Å². The van der Waals surface area contributed by atoms with Crippen molar-refractivity contribution >= 4 is 5.69 Å². The summed E-state index contributed by atoms with van der Waals surface area (Å²) < 4.78 is 5.84. The van der Waals surface area contributed by atoms with Crippen molar-refractivity contribution < 1.29 is 14.2 Å². The zero-order valence-corrected chi connectivity index (χ0v) is 11.9. The van der Waals surface area contributed by atoms with Gasteiger partial charge in [-0.15, -0.1) is 0 Å². The first-order chi connectivity index (χ1) is 10.2. The predicted molar refractivity (Wildman–Crippen MR) is 79.1 cm³/mol. The number of furan rings is 1. The maximum Gasteiger partial charge on any atom is 0.280 e. The van der Waals surface area contributed by atoms with Gasteiger partial charge in [-0.2, -0.15) is 0 Å². The van der Waals surface area contributed by atoms with E-state index in [1.165, 1.54) is 43.3 Å². The lowest BCUT2D eigenvalue weighted by atomic mass is 10.1. The van der Waals surface area contributed by atoms with Gasteiger partial charge >= 0.3 is 0 Å². The van der Waals surface area contributed by atoms with Gasteiger partial charge in [-0.1, -0.05) is 12.1 Å². The molecular weight excluding hydrogens is 268 g/mol. The van der Waals surface area contributed by atoms with Crippen LogP contribution in [0.3, 0.4) is 0 Å². The molecule has 0 aliphatic carbocycles. The van der Waals surface area contributed by atoms with E-state index in [0.717, 1.165) is 12.3 Å². The van der Waals surface area contributed by atoms with Crippen molar-refractivity contribution in [2.75, 3.05) is 13.1 Å².